The Labute approximate surface area is 127 Å². The lowest BCUT2D eigenvalue weighted by atomic mass is 9.80. The van der Waals surface area contributed by atoms with Gasteiger partial charge in [-0.25, -0.2) is 4.39 Å². The van der Waals surface area contributed by atoms with Gasteiger partial charge in [-0.3, -0.25) is 4.79 Å². The normalized spacial score (nSPS) is 18.9. The summed E-state index contributed by atoms with van der Waals surface area (Å²) < 4.78 is 19.6. The molecule has 0 saturated heterocycles. The van der Waals surface area contributed by atoms with Crippen LogP contribution < -0.4 is 4.90 Å². The monoisotopic (exact) mass is 300 g/mol. The fourth-order valence-electron chi connectivity index (χ4n) is 3.97. The summed E-state index contributed by atoms with van der Waals surface area (Å²) in [6.45, 7) is 2.30. The SMILES string of the molecule is Cc1cc(C(=O)N2CC3(CCCC3)c3c(F)cccc32)on1. The fraction of sp³-hybridized carbons (Fsp3) is 0.412. The molecule has 1 spiro atoms. The number of aromatic nitrogens is 1. The Bertz CT molecular complexity index is 747. The summed E-state index contributed by atoms with van der Waals surface area (Å²) in [5.41, 5.74) is 1.82. The minimum absolute atomic E-state index is 0.205. The van der Waals surface area contributed by atoms with E-state index in [0.29, 0.717) is 23.5 Å². The average molecular weight is 300 g/mol. The van der Waals surface area contributed by atoms with Gasteiger partial charge >= 0.3 is 0 Å². The molecule has 1 aromatic heterocycles. The number of rotatable bonds is 1. The molecule has 1 aliphatic heterocycles. The van der Waals surface area contributed by atoms with Crippen molar-refractivity contribution in [3.8, 4) is 0 Å². The molecule has 1 saturated carbocycles. The van der Waals surface area contributed by atoms with Crippen molar-refractivity contribution in [2.75, 3.05) is 11.4 Å². The molecule has 5 heteroatoms. The number of fused-ring (bicyclic) bond motifs is 2. The van der Waals surface area contributed by atoms with E-state index < -0.39 is 0 Å². The van der Waals surface area contributed by atoms with Gasteiger partial charge in [0.2, 0.25) is 5.76 Å². The van der Waals surface area contributed by atoms with E-state index in [9.17, 15) is 9.18 Å². The van der Waals surface area contributed by atoms with Gasteiger partial charge in [-0.1, -0.05) is 24.1 Å². The summed E-state index contributed by atoms with van der Waals surface area (Å²) in [4.78, 5) is 14.4. The zero-order valence-electron chi connectivity index (χ0n) is 12.4. The number of aryl methyl sites for hydroxylation is 1. The van der Waals surface area contributed by atoms with Gasteiger partial charge in [0.25, 0.3) is 5.91 Å². The Morgan fingerprint density at radius 3 is 2.82 bits per heavy atom. The third kappa shape index (κ3) is 1.81. The number of anilines is 1. The van der Waals surface area contributed by atoms with Gasteiger partial charge in [0.15, 0.2) is 0 Å². The van der Waals surface area contributed by atoms with Crippen molar-refractivity contribution in [2.45, 2.75) is 38.0 Å². The Balaban J connectivity index is 1.80. The molecule has 1 aliphatic carbocycles. The van der Waals surface area contributed by atoms with Gasteiger partial charge in [0.1, 0.15) is 5.82 Å². The smallest absolute Gasteiger partial charge is 0.296 e. The zero-order chi connectivity index (χ0) is 15.3. The molecule has 0 atom stereocenters. The lowest BCUT2D eigenvalue weighted by Gasteiger charge is -2.24. The summed E-state index contributed by atoms with van der Waals surface area (Å²) in [6, 6.07) is 6.60. The van der Waals surface area contributed by atoms with Crippen LogP contribution >= 0.6 is 0 Å². The van der Waals surface area contributed by atoms with Crippen LogP contribution in [0.3, 0.4) is 0 Å². The van der Waals surface area contributed by atoms with Crippen LogP contribution in [-0.4, -0.2) is 17.6 Å². The molecule has 4 nitrogen and oxygen atoms in total. The summed E-state index contributed by atoms with van der Waals surface area (Å²) in [7, 11) is 0. The van der Waals surface area contributed by atoms with Gasteiger partial charge in [-0.2, -0.15) is 0 Å². The summed E-state index contributed by atoms with van der Waals surface area (Å²) in [5, 5.41) is 3.78. The van der Waals surface area contributed by atoms with Crippen LogP contribution in [-0.2, 0) is 5.41 Å². The quantitative estimate of drug-likeness (QED) is 0.808. The fourth-order valence-corrected chi connectivity index (χ4v) is 3.97. The second-order valence-electron chi connectivity index (χ2n) is 6.35. The van der Waals surface area contributed by atoms with Gasteiger partial charge in [0.05, 0.1) is 11.4 Å². The largest absolute Gasteiger partial charge is 0.351 e. The van der Waals surface area contributed by atoms with Crippen molar-refractivity contribution in [1.29, 1.82) is 0 Å². The highest BCUT2D eigenvalue weighted by atomic mass is 19.1. The molecule has 114 valence electrons. The topological polar surface area (TPSA) is 46.3 Å². The first-order valence-corrected chi connectivity index (χ1v) is 7.65. The Hall–Kier alpha value is -2.17. The Kier molecular flexibility index (Phi) is 2.86. The van der Waals surface area contributed by atoms with Crippen LogP contribution in [0.15, 0.2) is 28.8 Å². The second kappa shape index (κ2) is 4.66. The molecule has 0 unspecified atom stereocenters. The van der Waals surface area contributed by atoms with Crippen molar-refractivity contribution in [2.24, 2.45) is 0 Å². The maximum absolute atomic E-state index is 14.5. The third-order valence-electron chi connectivity index (χ3n) is 4.92. The number of nitrogens with zero attached hydrogens (tertiary/aromatic N) is 2. The van der Waals surface area contributed by atoms with Crippen molar-refractivity contribution in [3.05, 3.63) is 47.1 Å². The number of carbonyl (C=O) groups excluding carboxylic acids is 1. The van der Waals surface area contributed by atoms with Gasteiger partial charge < -0.3 is 9.42 Å². The number of amides is 1. The van der Waals surface area contributed by atoms with Gasteiger partial charge in [0, 0.05) is 23.6 Å². The Morgan fingerprint density at radius 1 is 1.36 bits per heavy atom. The van der Waals surface area contributed by atoms with E-state index in [1.165, 1.54) is 6.07 Å². The van der Waals surface area contributed by atoms with Crippen LogP contribution in [0.1, 0.15) is 47.5 Å². The molecule has 22 heavy (non-hydrogen) atoms. The predicted octanol–water partition coefficient (Wildman–Crippen LogP) is 3.59. The highest BCUT2D eigenvalue weighted by Gasteiger charge is 2.48. The first kappa shape index (κ1) is 13.5. The van der Waals surface area contributed by atoms with E-state index in [4.69, 9.17) is 4.52 Å². The maximum atomic E-state index is 14.5. The number of hydrogen-bond donors (Lipinski definition) is 0. The lowest BCUT2D eigenvalue weighted by Crippen LogP contribution is -2.35. The molecule has 2 heterocycles. The Morgan fingerprint density at radius 2 is 2.14 bits per heavy atom. The molecule has 0 bridgehead atoms. The average Bonchev–Trinajstić information content (AvgIpc) is 3.20. The standard InChI is InChI=1S/C17H17FN2O2/c1-11-9-14(22-19-11)16(21)20-10-17(7-2-3-8-17)15-12(18)5-4-6-13(15)20/h4-6,9H,2-3,7-8,10H2,1H3. The van der Waals surface area contributed by atoms with Crippen molar-refractivity contribution >= 4 is 11.6 Å². The van der Waals surface area contributed by atoms with Crippen LogP contribution in [0.25, 0.3) is 0 Å². The van der Waals surface area contributed by atoms with Crippen LogP contribution in [0.2, 0.25) is 0 Å². The van der Waals surface area contributed by atoms with Crippen molar-refractivity contribution < 1.29 is 13.7 Å². The summed E-state index contributed by atoms with van der Waals surface area (Å²) in [5.74, 6) is -0.234. The highest BCUT2D eigenvalue weighted by Crippen LogP contribution is 2.51. The van der Waals surface area contributed by atoms with E-state index in [0.717, 1.165) is 25.7 Å². The first-order chi connectivity index (χ1) is 10.6. The van der Waals surface area contributed by atoms with E-state index in [-0.39, 0.29) is 22.9 Å². The molecule has 2 aromatic rings. The molecule has 0 N–H and O–H groups in total. The lowest BCUT2D eigenvalue weighted by molar-refractivity contribution is 0.0949. The van der Waals surface area contributed by atoms with Crippen molar-refractivity contribution in [3.63, 3.8) is 0 Å². The second-order valence-corrected chi connectivity index (χ2v) is 6.35. The predicted molar refractivity (Wildman–Crippen MR) is 79.5 cm³/mol. The van der Waals surface area contributed by atoms with Crippen LogP contribution in [0, 0.1) is 12.7 Å². The van der Waals surface area contributed by atoms with Gasteiger partial charge in [-0.05, 0) is 31.9 Å². The summed E-state index contributed by atoms with van der Waals surface area (Å²) >= 11 is 0. The molecule has 0 radical (unpaired) electrons. The molecular weight excluding hydrogens is 283 g/mol. The third-order valence-corrected chi connectivity index (χ3v) is 4.92. The van der Waals surface area contributed by atoms with Gasteiger partial charge in [-0.15, -0.1) is 0 Å². The molecule has 1 aromatic carbocycles. The molecule has 4 rings (SSSR count). The summed E-state index contributed by atoms with van der Waals surface area (Å²) in [6.07, 6.45) is 4.02. The molecule has 2 aliphatic rings. The number of carbonyl (C=O) groups is 1. The zero-order valence-corrected chi connectivity index (χ0v) is 12.4. The number of hydrogen-bond acceptors (Lipinski definition) is 3. The van der Waals surface area contributed by atoms with Crippen LogP contribution in [0.5, 0.6) is 0 Å². The molecular formula is C17H17FN2O2. The first-order valence-electron chi connectivity index (χ1n) is 7.65. The molecule has 1 fully saturated rings. The maximum Gasteiger partial charge on any atom is 0.296 e. The number of benzene rings is 1. The minimum atomic E-state index is -0.240. The van der Waals surface area contributed by atoms with Crippen molar-refractivity contribution in [1.82, 2.24) is 5.16 Å². The van der Waals surface area contributed by atoms with E-state index in [2.05, 4.69) is 5.16 Å². The van der Waals surface area contributed by atoms with E-state index in [1.807, 2.05) is 6.07 Å². The van der Waals surface area contributed by atoms with E-state index in [1.54, 1.807) is 24.0 Å². The minimum Gasteiger partial charge on any atom is -0.351 e. The molecule has 1 amide bonds. The highest BCUT2D eigenvalue weighted by molar-refractivity contribution is 6.06. The van der Waals surface area contributed by atoms with E-state index >= 15 is 0 Å². The number of halogens is 1. The van der Waals surface area contributed by atoms with Crippen LogP contribution in [0.4, 0.5) is 10.1 Å².